The summed E-state index contributed by atoms with van der Waals surface area (Å²) >= 11 is 1.42. The number of halogens is 1. The molecule has 3 aromatic heterocycles. The van der Waals surface area contributed by atoms with Gasteiger partial charge in [-0.25, -0.2) is 19.3 Å². The van der Waals surface area contributed by atoms with E-state index in [1.165, 1.54) is 17.4 Å². The number of nitrogens with zero attached hydrogens (tertiary/aromatic N) is 4. The second kappa shape index (κ2) is 8.64. The van der Waals surface area contributed by atoms with Crippen molar-refractivity contribution in [3.63, 3.8) is 0 Å². The number of carbonyl (C=O) groups excluding carboxylic acids is 1. The fourth-order valence-corrected chi connectivity index (χ4v) is 4.63. The molecule has 1 aliphatic heterocycles. The van der Waals surface area contributed by atoms with Gasteiger partial charge in [-0.2, -0.15) is 0 Å². The van der Waals surface area contributed by atoms with Crippen molar-refractivity contribution in [3.05, 3.63) is 53.3 Å². The number of aromatic nitrogens is 4. The van der Waals surface area contributed by atoms with Gasteiger partial charge in [-0.05, 0) is 45.4 Å². The number of pyridine rings is 1. The van der Waals surface area contributed by atoms with Crippen LogP contribution in [0.25, 0.3) is 10.6 Å². The highest BCUT2D eigenvalue weighted by Crippen LogP contribution is 2.31. The van der Waals surface area contributed by atoms with Gasteiger partial charge >= 0.3 is 0 Å². The molecule has 0 bridgehead atoms. The SMILES string of the molecule is CC(C)(Nc1ncc(-c2nc(C(C(N)=O)[C@H]3CCCN3)cs2)cn1)c1ncccc1F. The topological polar surface area (TPSA) is 119 Å². The Bertz CT molecular complexity index is 1060. The molecule has 0 spiro atoms. The molecule has 1 unspecified atom stereocenters. The van der Waals surface area contributed by atoms with Gasteiger partial charge in [0.25, 0.3) is 0 Å². The zero-order chi connectivity index (χ0) is 22.0. The van der Waals surface area contributed by atoms with Crippen molar-refractivity contribution < 1.29 is 9.18 Å². The standard InChI is InChI=1S/C21H24FN7OS/c1-21(2,17-13(22)5-3-8-25-17)29-20-26-9-12(10-27-20)19-28-15(11-31-19)16(18(23)30)14-6-4-7-24-14/h3,5,8-11,14,16,24H,4,6-7H2,1-2H3,(H2,23,30)(H,26,27,29)/t14-,16?/m1/s1. The van der Waals surface area contributed by atoms with E-state index in [1.54, 1.807) is 24.7 Å². The first-order valence-corrected chi connectivity index (χ1v) is 10.9. The number of anilines is 1. The summed E-state index contributed by atoms with van der Waals surface area (Å²) in [5, 5.41) is 9.02. The Balaban J connectivity index is 1.51. The number of primary amides is 1. The highest BCUT2D eigenvalue weighted by molar-refractivity contribution is 7.13. The highest BCUT2D eigenvalue weighted by Gasteiger charge is 2.32. The van der Waals surface area contributed by atoms with Crippen molar-refractivity contribution in [2.45, 2.75) is 44.2 Å². The van der Waals surface area contributed by atoms with Crippen molar-refractivity contribution in [1.82, 2.24) is 25.3 Å². The zero-order valence-corrected chi connectivity index (χ0v) is 18.1. The molecule has 3 aromatic rings. The minimum Gasteiger partial charge on any atom is -0.369 e. The van der Waals surface area contributed by atoms with E-state index >= 15 is 0 Å². The van der Waals surface area contributed by atoms with E-state index in [2.05, 4.69) is 30.6 Å². The van der Waals surface area contributed by atoms with Gasteiger partial charge < -0.3 is 16.4 Å². The van der Waals surface area contributed by atoms with Crippen molar-refractivity contribution in [3.8, 4) is 10.6 Å². The van der Waals surface area contributed by atoms with Crippen LogP contribution >= 0.6 is 11.3 Å². The van der Waals surface area contributed by atoms with Crippen LogP contribution in [0.5, 0.6) is 0 Å². The third kappa shape index (κ3) is 4.54. The molecule has 1 amide bonds. The van der Waals surface area contributed by atoms with Gasteiger partial charge in [0.2, 0.25) is 11.9 Å². The maximum Gasteiger partial charge on any atom is 0.228 e. The molecule has 162 valence electrons. The Morgan fingerprint density at radius 3 is 2.77 bits per heavy atom. The van der Waals surface area contributed by atoms with Crippen molar-refractivity contribution in [2.24, 2.45) is 5.73 Å². The summed E-state index contributed by atoms with van der Waals surface area (Å²) in [7, 11) is 0. The molecule has 1 saturated heterocycles. The first-order chi connectivity index (χ1) is 14.8. The van der Waals surface area contributed by atoms with E-state index in [0.29, 0.717) is 16.6 Å². The second-order valence-corrected chi connectivity index (χ2v) is 8.90. The maximum absolute atomic E-state index is 14.1. The van der Waals surface area contributed by atoms with Gasteiger partial charge in [0.05, 0.1) is 17.2 Å². The molecular formula is C21H24FN7OS. The number of hydrogen-bond donors (Lipinski definition) is 3. The average Bonchev–Trinajstić information content (AvgIpc) is 3.41. The summed E-state index contributed by atoms with van der Waals surface area (Å²) in [5.41, 5.74) is 6.53. The maximum atomic E-state index is 14.1. The molecule has 0 saturated carbocycles. The summed E-state index contributed by atoms with van der Waals surface area (Å²) in [5.74, 6) is -0.882. The lowest BCUT2D eigenvalue weighted by Gasteiger charge is -2.25. The van der Waals surface area contributed by atoms with Crippen LogP contribution < -0.4 is 16.4 Å². The Labute approximate surface area is 183 Å². The quantitative estimate of drug-likeness (QED) is 0.516. The highest BCUT2D eigenvalue weighted by atomic mass is 32.1. The summed E-state index contributed by atoms with van der Waals surface area (Å²) in [6.45, 7) is 4.50. The largest absolute Gasteiger partial charge is 0.369 e. The predicted molar refractivity (Wildman–Crippen MR) is 117 cm³/mol. The summed E-state index contributed by atoms with van der Waals surface area (Å²) in [6.07, 6.45) is 6.77. The number of carbonyl (C=O) groups is 1. The van der Waals surface area contributed by atoms with E-state index in [-0.39, 0.29) is 17.6 Å². The number of thiazole rings is 1. The molecule has 0 radical (unpaired) electrons. The Morgan fingerprint density at radius 1 is 1.35 bits per heavy atom. The third-order valence-electron chi connectivity index (χ3n) is 5.32. The van der Waals surface area contributed by atoms with Crippen molar-refractivity contribution >= 4 is 23.2 Å². The van der Waals surface area contributed by atoms with Crippen LogP contribution in [0.15, 0.2) is 36.1 Å². The van der Waals surface area contributed by atoms with E-state index < -0.39 is 17.3 Å². The fourth-order valence-electron chi connectivity index (χ4n) is 3.80. The van der Waals surface area contributed by atoms with E-state index in [9.17, 15) is 9.18 Å². The minimum absolute atomic E-state index is 0.0181. The Hall–Kier alpha value is -2.98. The molecule has 2 atom stereocenters. The Morgan fingerprint density at radius 2 is 2.13 bits per heavy atom. The van der Waals surface area contributed by atoms with Crippen molar-refractivity contribution in [1.29, 1.82) is 0 Å². The van der Waals surface area contributed by atoms with E-state index in [4.69, 9.17) is 5.73 Å². The minimum atomic E-state index is -0.801. The molecule has 10 heteroatoms. The fraction of sp³-hybridized carbons (Fsp3) is 0.381. The van der Waals surface area contributed by atoms with Crippen LogP contribution in [0.4, 0.5) is 10.3 Å². The lowest BCUT2D eigenvalue weighted by atomic mass is 9.95. The zero-order valence-electron chi connectivity index (χ0n) is 17.3. The third-order valence-corrected chi connectivity index (χ3v) is 6.23. The molecule has 4 rings (SSSR count). The van der Waals surface area contributed by atoms with Gasteiger partial charge in [0.15, 0.2) is 0 Å². The molecule has 4 N–H and O–H groups in total. The first-order valence-electron chi connectivity index (χ1n) is 10.0. The van der Waals surface area contributed by atoms with Gasteiger partial charge in [-0.1, -0.05) is 0 Å². The van der Waals surface area contributed by atoms with Crippen molar-refractivity contribution in [2.75, 3.05) is 11.9 Å². The molecule has 1 fully saturated rings. The monoisotopic (exact) mass is 441 g/mol. The number of nitrogens with two attached hydrogens (primary N) is 1. The van der Waals surface area contributed by atoms with Crippen LogP contribution in [-0.2, 0) is 10.3 Å². The second-order valence-electron chi connectivity index (χ2n) is 8.04. The summed E-state index contributed by atoms with van der Waals surface area (Å²) < 4.78 is 14.1. The van der Waals surface area contributed by atoms with Crippen LogP contribution in [0, 0.1) is 5.82 Å². The van der Waals surface area contributed by atoms with Gasteiger partial charge in [0, 0.05) is 35.6 Å². The normalized spacial score (nSPS) is 17.5. The molecular weight excluding hydrogens is 417 g/mol. The smallest absolute Gasteiger partial charge is 0.228 e. The van der Waals surface area contributed by atoms with E-state index in [0.717, 1.165) is 24.9 Å². The van der Waals surface area contributed by atoms with Gasteiger partial charge in [-0.3, -0.25) is 9.78 Å². The molecule has 8 nitrogen and oxygen atoms in total. The number of amides is 1. The average molecular weight is 442 g/mol. The van der Waals surface area contributed by atoms with Gasteiger partial charge in [0.1, 0.15) is 16.5 Å². The molecule has 4 heterocycles. The predicted octanol–water partition coefficient (Wildman–Crippen LogP) is 2.80. The lowest BCUT2D eigenvalue weighted by Crippen LogP contribution is -2.37. The van der Waals surface area contributed by atoms with Crippen LogP contribution in [0.2, 0.25) is 0 Å². The summed E-state index contributed by atoms with van der Waals surface area (Å²) in [6, 6.07) is 2.94. The number of rotatable bonds is 7. The lowest BCUT2D eigenvalue weighted by molar-refractivity contribution is -0.120. The van der Waals surface area contributed by atoms with Crippen LogP contribution in [0.1, 0.15) is 44.0 Å². The Kier molecular flexibility index (Phi) is 5.92. The molecule has 0 aromatic carbocycles. The molecule has 31 heavy (non-hydrogen) atoms. The number of nitrogens with one attached hydrogen (secondary N) is 2. The van der Waals surface area contributed by atoms with E-state index in [1.807, 2.05) is 19.2 Å². The van der Waals surface area contributed by atoms with Crippen LogP contribution in [0.3, 0.4) is 0 Å². The summed E-state index contributed by atoms with van der Waals surface area (Å²) in [4.78, 5) is 29.5. The first kappa shape index (κ1) is 21.3. The van der Waals surface area contributed by atoms with Gasteiger partial charge in [-0.15, -0.1) is 11.3 Å². The van der Waals surface area contributed by atoms with Crippen LogP contribution in [-0.4, -0.2) is 38.4 Å². The molecule has 0 aliphatic carbocycles. The number of hydrogen-bond acceptors (Lipinski definition) is 8. The molecule has 1 aliphatic rings.